The molecule has 3 unspecified atom stereocenters. The van der Waals surface area contributed by atoms with Crippen molar-refractivity contribution >= 4 is 0 Å². The summed E-state index contributed by atoms with van der Waals surface area (Å²) in [5.41, 5.74) is 0.182. The van der Waals surface area contributed by atoms with Crippen LogP contribution in [0, 0.1) is 5.92 Å². The van der Waals surface area contributed by atoms with Gasteiger partial charge in [-0.2, -0.15) is 0 Å². The maximum atomic E-state index is 7.13. The lowest BCUT2D eigenvalue weighted by Gasteiger charge is -2.35. The Balaban J connectivity index is 1.59. The van der Waals surface area contributed by atoms with Crippen LogP contribution in [0.25, 0.3) is 0 Å². The highest BCUT2D eigenvalue weighted by atomic mass is 16.5. The van der Waals surface area contributed by atoms with Crippen molar-refractivity contribution in [1.29, 1.82) is 0 Å². The minimum Gasteiger partial charge on any atom is -0.371 e. The fourth-order valence-electron chi connectivity index (χ4n) is 8.18. The molecule has 2 rings (SSSR count). The average Bonchev–Trinajstić information content (AvgIpc) is 3.45. The van der Waals surface area contributed by atoms with Crippen LogP contribution in [0.4, 0.5) is 0 Å². The molecule has 1 heterocycles. The molecule has 1 aliphatic carbocycles. The van der Waals surface area contributed by atoms with Gasteiger partial charge in [0.15, 0.2) is 0 Å². The summed E-state index contributed by atoms with van der Waals surface area (Å²) in [4.78, 5) is 2.45. The van der Waals surface area contributed by atoms with Gasteiger partial charge >= 0.3 is 0 Å². The summed E-state index contributed by atoms with van der Waals surface area (Å²) in [7, 11) is 4.53. The zero-order chi connectivity index (χ0) is 34.4. The third-order valence-corrected chi connectivity index (χ3v) is 11.3. The minimum absolute atomic E-state index is 0.182. The first kappa shape index (κ1) is 43.0. The Morgan fingerprint density at radius 3 is 1.38 bits per heavy atom. The molecule has 0 bridgehead atoms. The molecular formula is C46H83NO. The Labute approximate surface area is 301 Å². The van der Waals surface area contributed by atoms with Crippen molar-refractivity contribution in [2.75, 3.05) is 14.1 Å². The molecule has 1 saturated heterocycles. The van der Waals surface area contributed by atoms with Gasteiger partial charge in [-0.15, -0.1) is 0 Å². The third kappa shape index (κ3) is 21.2. The molecule has 1 saturated carbocycles. The molecule has 0 radical (unpaired) electrons. The van der Waals surface area contributed by atoms with E-state index >= 15 is 0 Å². The lowest BCUT2D eigenvalue weighted by Crippen LogP contribution is -2.38. The number of hydrogen-bond acceptors (Lipinski definition) is 2. The molecular weight excluding hydrogens is 583 g/mol. The Kier molecular flexibility index (Phi) is 26.5. The Hall–Kier alpha value is -1.12. The minimum atomic E-state index is 0.182. The third-order valence-electron chi connectivity index (χ3n) is 11.3. The highest BCUT2D eigenvalue weighted by Gasteiger charge is 2.47. The molecule has 0 amide bonds. The smallest absolute Gasteiger partial charge is 0.0690 e. The quantitative estimate of drug-likeness (QED) is 0.0540. The molecule has 2 heteroatoms. The van der Waals surface area contributed by atoms with E-state index in [-0.39, 0.29) is 5.60 Å². The molecule has 0 N–H and O–H groups in total. The SMILES string of the molecule is CCCCC/C=C\C/C=C\CCCCCCCCC1(CCCCCCCC/C=C\C/C=C\CCCCC)CC2CCC(N(C)C)CC2O1. The maximum Gasteiger partial charge on any atom is 0.0690 e. The zero-order valence-corrected chi connectivity index (χ0v) is 32.9. The van der Waals surface area contributed by atoms with E-state index in [0.717, 1.165) is 18.8 Å². The van der Waals surface area contributed by atoms with E-state index in [4.69, 9.17) is 4.74 Å². The highest BCUT2D eigenvalue weighted by Crippen LogP contribution is 2.48. The van der Waals surface area contributed by atoms with Crippen LogP contribution in [-0.4, -0.2) is 36.7 Å². The van der Waals surface area contributed by atoms with Crippen LogP contribution in [0.2, 0.25) is 0 Å². The van der Waals surface area contributed by atoms with Gasteiger partial charge in [-0.05, 0) is 123 Å². The molecule has 2 nitrogen and oxygen atoms in total. The molecule has 0 aromatic rings. The van der Waals surface area contributed by atoms with E-state index in [1.54, 1.807) is 0 Å². The first-order chi connectivity index (χ1) is 23.6. The average molecular weight is 666 g/mol. The highest BCUT2D eigenvalue weighted by molar-refractivity contribution is 4.98. The predicted octanol–water partition coefficient (Wildman–Crippen LogP) is 14.7. The molecule has 48 heavy (non-hydrogen) atoms. The van der Waals surface area contributed by atoms with Crippen molar-refractivity contribution in [3.05, 3.63) is 48.6 Å². The van der Waals surface area contributed by atoms with E-state index in [9.17, 15) is 0 Å². The first-order valence-corrected chi connectivity index (χ1v) is 21.5. The van der Waals surface area contributed by atoms with E-state index in [0.29, 0.717) is 12.1 Å². The summed E-state index contributed by atoms with van der Waals surface area (Å²) in [5, 5.41) is 0. The second-order valence-electron chi connectivity index (χ2n) is 15.9. The second-order valence-corrected chi connectivity index (χ2v) is 15.9. The summed E-state index contributed by atoms with van der Waals surface area (Å²) in [6, 6.07) is 0.714. The van der Waals surface area contributed by atoms with Crippen molar-refractivity contribution in [2.24, 2.45) is 5.92 Å². The summed E-state index contributed by atoms with van der Waals surface area (Å²) in [6.07, 6.45) is 59.4. The van der Waals surface area contributed by atoms with Gasteiger partial charge in [-0.25, -0.2) is 0 Å². The lowest BCUT2D eigenvalue weighted by atomic mass is 9.78. The fraction of sp³-hybridized carbons (Fsp3) is 0.826. The Morgan fingerprint density at radius 1 is 0.521 bits per heavy atom. The van der Waals surface area contributed by atoms with E-state index < -0.39 is 0 Å². The van der Waals surface area contributed by atoms with Gasteiger partial charge in [0, 0.05) is 6.04 Å². The summed E-state index contributed by atoms with van der Waals surface area (Å²) in [6.45, 7) is 4.55. The van der Waals surface area contributed by atoms with Crippen LogP contribution in [0.3, 0.4) is 0 Å². The molecule has 278 valence electrons. The number of fused-ring (bicyclic) bond motifs is 1. The van der Waals surface area contributed by atoms with Crippen molar-refractivity contribution < 1.29 is 4.74 Å². The fourth-order valence-corrected chi connectivity index (χ4v) is 8.18. The predicted molar refractivity (Wildman–Crippen MR) is 215 cm³/mol. The van der Waals surface area contributed by atoms with Crippen LogP contribution >= 0.6 is 0 Å². The number of rotatable bonds is 31. The zero-order valence-electron chi connectivity index (χ0n) is 32.9. The summed E-state index contributed by atoms with van der Waals surface area (Å²) in [5.74, 6) is 0.815. The molecule has 0 aromatic carbocycles. The van der Waals surface area contributed by atoms with E-state index in [1.807, 2.05) is 0 Å². The van der Waals surface area contributed by atoms with Crippen LogP contribution in [0.5, 0.6) is 0 Å². The standard InChI is InChI=1S/C46H83NO/c1-5-7-9-11-13-15-17-19-21-23-25-27-29-31-33-35-39-46(42-43-37-38-44(47(3)4)41-45(43)48-46)40-36-34-32-30-28-26-24-22-20-18-16-14-12-10-8-6-2/h13-16,19-22,43-45H,5-12,17-18,23-42H2,1-4H3/b15-13-,16-14-,21-19-,22-20-. The monoisotopic (exact) mass is 666 g/mol. The van der Waals surface area contributed by atoms with E-state index in [2.05, 4.69) is 81.5 Å². The molecule has 0 spiro atoms. The number of unbranched alkanes of at least 4 members (excludes halogenated alkanes) is 18. The topological polar surface area (TPSA) is 12.5 Å². The van der Waals surface area contributed by atoms with Gasteiger partial charge in [0.1, 0.15) is 0 Å². The largest absolute Gasteiger partial charge is 0.371 e. The van der Waals surface area contributed by atoms with Crippen LogP contribution in [-0.2, 0) is 4.74 Å². The van der Waals surface area contributed by atoms with Crippen LogP contribution in [0.1, 0.15) is 206 Å². The van der Waals surface area contributed by atoms with Gasteiger partial charge in [-0.1, -0.05) is 152 Å². The number of ether oxygens (including phenoxy) is 1. The van der Waals surface area contributed by atoms with Crippen LogP contribution in [0.15, 0.2) is 48.6 Å². The van der Waals surface area contributed by atoms with Crippen molar-refractivity contribution in [3.63, 3.8) is 0 Å². The number of nitrogens with zero attached hydrogens (tertiary/aromatic N) is 1. The molecule has 2 fully saturated rings. The maximum absolute atomic E-state index is 7.13. The van der Waals surface area contributed by atoms with Gasteiger partial charge in [0.25, 0.3) is 0 Å². The van der Waals surface area contributed by atoms with Gasteiger partial charge in [0.2, 0.25) is 0 Å². The Morgan fingerprint density at radius 2 is 0.938 bits per heavy atom. The van der Waals surface area contributed by atoms with Gasteiger partial charge in [-0.3, -0.25) is 0 Å². The number of hydrogen-bond donors (Lipinski definition) is 0. The van der Waals surface area contributed by atoms with E-state index in [1.165, 1.54) is 180 Å². The molecule has 0 aromatic heterocycles. The van der Waals surface area contributed by atoms with Crippen molar-refractivity contribution in [3.8, 4) is 0 Å². The van der Waals surface area contributed by atoms with Crippen LogP contribution < -0.4 is 0 Å². The lowest BCUT2D eigenvalue weighted by molar-refractivity contribution is -0.0727. The first-order valence-electron chi connectivity index (χ1n) is 21.5. The Bertz CT molecular complexity index is 789. The second kappa shape index (κ2) is 29.6. The number of allylic oxidation sites excluding steroid dienone is 8. The summed E-state index contributed by atoms with van der Waals surface area (Å²) >= 11 is 0. The summed E-state index contributed by atoms with van der Waals surface area (Å²) < 4.78 is 7.13. The van der Waals surface area contributed by atoms with Gasteiger partial charge in [0.05, 0.1) is 11.7 Å². The molecule has 3 atom stereocenters. The molecule has 1 aliphatic heterocycles. The van der Waals surface area contributed by atoms with Gasteiger partial charge < -0.3 is 9.64 Å². The normalized spacial score (nSPS) is 21.2. The van der Waals surface area contributed by atoms with Crippen molar-refractivity contribution in [2.45, 2.75) is 224 Å². The van der Waals surface area contributed by atoms with Crippen molar-refractivity contribution in [1.82, 2.24) is 4.90 Å². The molecule has 2 aliphatic rings.